The number of hydrogen-bond acceptors (Lipinski definition) is 3. The number of hydrogen-bond donors (Lipinski definition) is 0. The van der Waals surface area contributed by atoms with Crippen molar-refractivity contribution in [1.82, 2.24) is 0 Å². The summed E-state index contributed by atoms with van der Waals surface area (Å²) in [5.41, 5.74) is 1.31. The summed E-state index contributed by atoms with van der Waals surface area (Å²) >= 11 is 0. The molecule has 0 heterocycles. The van der Waals surface area contributed by atoms with Crippen LogP contribution in [0.15, 0.2) is 48.2 Å². The average Bonchev–Trinajstić information content (AvgIpc) is 2.41. The molecule has 0 unspecified atom stereocenters. The van der Waals surface area contributed by atoms with E-state index in [9.17, 15) is 4.79 Å². The second-order valence-corrected chi connectivity index (χ2v) is 6.13. The zero-order chi connectivity index (χ0) is 16.8. The quantitative estimate of drug-likeness (QED) is 0.741. The second kappa shape index (κ2) is 7.69. The van der Waals surface area contributed by atoms with E-state index in [0.29, 0.717) is 5.69 Å². The van der Waals surface area contributed by atoms with Crippen molar-refractivity contribution in [2.24, 2.45) is 0 Å². The lowest BCUT2D eigenvalue weighted by atomic mass is 10.2. The standard InChI is InChI=1S/C18H25NO3/c1-14(2)8-7-13-19(17(20)22-18(3,4)5)15-9-11-16(21-6)12-10-15/h7-13H,1-6H3/b13-7-. The van der Waals surface area contributed by atoms with E-state index in [0.717, 1.165) is 11.3 Å². The molecule has 1 aromatic rings. The lowest BCUT2D eigenvalue weighted by molar-refractivity contribution is 0.0596. The molecule has 0 N–H and O–H groups in total. The summed E-state index contributed by atoms with van der Waals surface area (Å²) < 4.78 is 10.6. The molecule has 0 saturated carbocycles. The third-order valence-electron chi connectivity index (χ3n) is 2.61. The molecule has 1 rings (SSSR count). The van der Waals surface area contributed by atoms with Crippen LogP contribution >= 0.6 is 0 Å². The zero-order valence-corrected chi connectivity index (χ0v) is 14.2. The van der Waals surface area contributed by atoms with Gasteiger partial charge in [-0.25, -0.2) is 4.79 Å². The van der Waals surface area contributed by atoms with Gasteiger partial charge in [-0.2, -0.15) is 0 Å². The first-order chi connectivity index (χ1) is 10.2. The van der Waals surface area contributed by atoms with E-state index in [1.54, 1.807) is 25.4 Å². The van der Waals surface area contributed by atoms with Crippen molar-refractivity contribution >= 4 is 11.8 Å². The van der Waals surface area contributed by atoms with Crippen molar-refractivity contribution < 1.29 is 14.3 Å². The van der Waals surface area contributed by atoms with Crippen LogP contribution < -0.4 is 9.64 Å². The van der Waals surface area contributed by atoms with Gasteiger partial charge in [-0.1, -0.05) is 11.6 Å². The Morgan fingerprint density at radius 2 is 1.73 bits per heavy atom. The van der Waals surface area contributed by atoms with E-state index in [1.165, 1.54) is 4.90 Å². The molecule has 0 aliphatic carbocycles. The Hall–Kier alpha value is -2.23. The van der Waals surface area contributed by atoms with Crippen molar-refractivity contribution in [3.63, 3.8) is 0 Å². The highest BCUT2D eigenvalue weighted by molar-refractivity contribution is 5.90. The molecule has 0 radical (unpaired) electrons. The molecule has 4 heteroatoms. The maximum absolute atomic E-state index is 12.4. The summed E-state index contributed by atoms with van der Waals surface area (Å²) in [6, 6.07) is 7.24. The summed E-state index contributed by atoms with van der Waals surface area (Å²) in [5, 5.41) is 0. The first kappa shape index (κ1) is 17.8. The van der Waals surface area contributed by atoms with Gasteiger partial charge in [0.25, 0.3) is 0 Å². The number of benzene rings is 1. The summed E-state index contributed by atoms with van der Waals surface area (Å²) in [6.45, 7) is 9.52. The van der Waals surface area contributed by atoms with Gasteiger partial charge in [-0.05, 0) is 65.0 Å². The minimum Gasteiger partial charge on any atom is -0.497 e. The summed E-state index contributed by atoms with van der Waals surface area (Å²) in [4.78, 5) is 13.9. The van der Waals surface area contributed by atoms with Crippen LogP contribution in [-0.2, 0) is 4.74 Å². The fraction of sp³-hybridized carbons (Fsp3) is 0.389. The number of rotatable bonds is 4. The predicted molar refractivity (Wildman–Crippen MR) is 90.3 cm³/mol. The molecule has 0 aromatic heterocycles. The normalized spacial score (nSPS) is 11.2. The number of amides is 1. The number of nitrogens with zero attached hydrogens (tertiary/aromatic N) is 1. The molecule has 1 amide bonds. The topological polar surface area (TPSA) is 38.8 Å². The second-order valence-electron chi connectivity index (χ2n) is 6.13. The number of carbonyl (C=O) groups is 1. The Balaban J connectivity index is 3.06. The van der Waals surface area contributed by atoms with Crippen molar-refractivity contribution in [3.8, 4) is 5.75 Å². The summed E-state index contributed by atoms with van der Waals surface area (Å²) in [5.74, 6) is 0.737. The highest BCUT2D eigenvalue weighted by Gasteiger charge is 2.21. The van der Waals surface area contributed by atoms with Crippen LogP contribution in [0.1, 0.15) is 34.6 Å². The Labute approximate surface area is 133 Å². The van der Waals surface area contributed by atoms with Gasteiger partial charge in [-0.3, -0.25) is 4.90 Å². The van der Waals surface area contributed by atoms with Crippen molar-refractivity contribution in [1.29, 1.82) is 0 Å². The Kier molecular flexibility index (Phi) is 6.23. The van der Waals surface area contributed by atoms with E-state index in [2.05, 4.69) is 0 Å². The predicted octanol–water partition coefficient (Wildman–Crippen LogP) is 4.92. The van der Waals surface area contributed by atoms with Gasteiger partial charge < -0.3 is 9.47 Å². The molecule has 0 spiro atoms. The van der Waals surface area contributed by atoms with Crippen molar-refractivity contribution in [2.45, 2.75) is 40.2 Å². The fourth-order valence-corrected chi connectivity index (χ4v) is 1.63. The number of allylic oxidation sites excluding steroid dienone is 3. The molecule has 0 fully saturated rings. The van der Waals surface area contributed by atoms with Gasteiger partial charge >= 0.3 is 6.09 Å². The number of ether oxygens (including phenoxy) is 2. The van der Waals surface area contributed by atoms with Crippen molar-refractivity contribution in [3.05, 3.63) is 48.2 Å². The molecule has 0 aliphatic rings. The van der Waals surface area contributed by atoms with Crippen LogP contribution in [0, 0.1) is 0 Å². The maximum atomic E-state index is 12.4. The minimum absolute atomic E-state index is 0.420. The molecule has 4 nitrogen and oxygen atoms in total. The minimum atomic E-state index is -0.549. The van der Waals surface area contributed by atoms with Crippen LogP contribution in [0.4, 0.5) is 10.5 Å². The van der Waals surface area contributed by atoms with Crippen LogP contribution in [0.25, 0.3) is 0 Å². The number of methoxy groups -OCH3 is 1. The fourth-order valence-electron chi connectivity index (χ4n) is 1.63. The third kappa shape index (κ3) is 6.04. The summed E-state index contributed by atoms with van der Waals surface area (Å²) in [6.07, 6.45) is 5.03. The molecule has 120 valence electrons. The van der Waals surface area contributed by atoms with Gasteiger partial charge in [0.05, 0.1) is 12.8 Å². The zero-order valence-electron chi connectivity index (χ0n) is 14.2. The molecular formula is C18H25NO3. The largest absolute Gasteiger partial charge is 0.497 e. The van der Waals surface area contributed by atoms with Crippen LogP contribution in [0.3, 0.4) is 0 Å². The van der Waals surface area contributed by atoms with Gasteiger partial charge in [0.15, 0.2) is 0 Å². The van der Waals surface area contributed by atoms with E-state index in [-0.39, 0.29) is 0 Å². The van der Waals surface area contributed by atoms with Crippen LogP contribution in [-0.4, -0.2) is 18.8 Å². The van der Waals surface area contributed by atoms with E-state index < -0.39 is 11.7 Å². The van der Waals surface area contributed by atoms with Crippen molar-refractivity contribution in [2.75, 3.05) is 12.0 Å². The lowest BCUT2D eigenvalue weighted by Gasteiger charge is -2.25. The smallest absolute Gasteiger partial charge is 0.418 e. The van der Waals surface area contributed by atoms with Gasteiger partial charge in [0, 0.05) is 6.20 Å². The molecule has 0 aliphatic heterocycles. The Bertz CT molecular complexity index is 547. The highest BCUT2D eigenvalue weighted by Crippen LogP contribution is 2.22. The maximum Gasteiger partial charge on any atom is 0.418 e. The summed E-state index contributed by atoms with van der Waals surface area (Å²) in [7, 11) is 1.61. The Morgan fingerprint density at radius 3 is 2.18 bits per heavy atom. The van der Waals surface area contributed by atoms with E-state index in [4.69, 9.17) is 9.47 Å². The molecular weight excluding hydrogens is 278 g/mol. The SMILES string of the molecule is COc1ccc(N(/C=C\C=C(C)C)C(=O)OC(C)(C)C)cc1. The molecule has 0 atom stereocenters. The van der Waals surface area contributed by atoms with Gasteiger partial charge in [-0.15, -0.1) is 0 Å². The van der Waals surface area contributed by atoms with E-state index in [1.807, 2.05) is 58.9 Å². The van der Waals surface area contributed by atoms with Crippen LogP contribution in [0.2, 0.25) is 0 Å². The first-order valence-electron chi connectivity index (χ1n) is 7.21. The van der Waals surface area contributed by atoms with Crippen LogP contribution in [0.5, 0.6) is 5.75 Å². The van der Waals surface area contributed by atoms with Gasteiger partial charge in [0.2, 0.25) is 0 Å². The number of carbonyl (C=O) groups excluding carboxylic acids is 1. The van der Waals surface area contributed by atoms with Gasteiger partial charge in [0.1, 0.15) is 11.4 Å². The lowest BCUT2D eigenvalue weighted by Crippen LogP contribution is -2.33. The first-order valence-corrected chi connectivity index (χ1v) is 7.21. The average molecular weight is 303 g/mol. The molecule has 1 aromatic carbocycles. The molecule has 0 bridgehead atoms. The Morgan fingerprint density at radius 1 is 1.14 bits per heavy atom. The van der Waals surface area contributed by atoms with E-state index >= 15 is 0 Å². The number of anilines is 1. The highest BCUT2D eigenvalue weighted by atomic mass is 16.6. The monoisotopic (exact) mass is 303 g/mol. The third-order valence-corrected chi connectivity index (χ3v) is 2.61. The molecule has 22 heavy (non-hydrogen) atoms. The molecule has 0 saturated heterocycles.